The normalized spacial score (nSPS) is 19.5. The maximum Gasteiger partial charge on any atom is 0.322 e. The number of halogens is 1. The molecule has 0 bridgehead atoms. The van der Waals surface area contributed by atoms with Gasteiger partial charge in [-0.2, -0.15) is 0 Å². The molecule has 0 spiro atoms. The van der Waals surface area contributed by atoms with Crippen LogP contribution in [-0.2, 0) is 16.1 Å². The second-order valence-electron chi connectivity index (χ2n) is 4.53. The average molecular weight is 282 g/mol. The van der Waals surface area contributed by atoms with Crippen LogP contribution in [0.25, 0.3) is 0 Å². The van der Waals surface area contributed by atoms with Gasteiger partial charge in [0.2, 0.25) is 5.91 Å². The first-order valence-corrected chi connectivity index (χ1v) is 6.07. The summed E-state index contributed by atoms with van der Waals surface area (Å²) in [7, 11) is 1.37. The maximum atomic E-state index is 13.6. The van der Waals surface area contributed by atoms with Gasteiger partial charge in [0.05, 0.1) is 13.7 Å². The van der Waals surface area contributed by atoms with Crippen molar-refractivity contribution in [3.8, 4) is 5.75 Å². The molecular weight excluding hydrogens is 267 g/mol. The summed E-state index contributed by atoms with van der Waals surface area (Å²) < 4.78 is 18.4. The Hall–Kier alpha value is -2.15. The van der Waals surface area contributed by atoms with Crippen molar-refractivity contribution in [2.45, 2.75) is 12.6 Å². The van der Waals surface area contributed by atoms with Crippen molar-refractivity contribution in [2.75, 3.05) is 20.2 Å². The lowest BCUT2D eigenvalue weighted by Gasteiger charge is -2.32. The zero-order chi connectivity index (χ0) is 14.7. The third kappa shape index (κ3) is 3.05. The lowest BCUT2D eigenvalue weighted by molar-refractivity contribution is -0.146. The van der Waals surface area contributed by atoms with Crippen LogP contribution in [0.1, 0.15) is 5.56 Å². The van der Waals surface area contributed by atoms with E-state index in [4.69, 9.17) is 9.84 Å². The minimum Gasteiger partial charge on any atom is -0.494 e. The van der Waals surface area contributed by atoms with Crippen molar-refractivity contribution >= 4 is 11.9 Å². The number of nitrogens with zero attached hydrogens (tertiary/aromatic N) is 1. The van der Waals surface area contributed by atoms with Crippen LogP contribution in [0.4, 0.5) is 4.39 Å². The van der Waals surface area contributed by atoms with Gasteiger partial charge in [0, 0.05) is 13.1 Å². The van der Waals surface area contributed by atoms with Crippen molar-refractivity contribution in [1.29, 1.82) is 0 Å². The Morgan fingerprint density at radius 3 is 2.95 bits per heavy atom. The predicted octanol–water partition coefficient (Wildman–Crippen LogP) is 0.219. The van der Waals surface area contributed by atoms with E-state index in [2.05, 4.69) is 5.32 Å². The lowest BCUT2D eigenvalue weighted by atomic mass is 10.1. The number of piperazine rings is 1. The van der Waals surface area contributed by atoms with Crippen LogP contribution in [0.5, 0.6) is 5.75 Å². The molecule has 1 unspecified atom stereocenters. The molecule has 2 N–H and O–H groups in total. The van der Waals surface area contributed by atoms with E-state index in [1.165, 1.54) is 24.1 Å². The van der Waals surface area contributed by atoms with Crippen LogP contribution in [0.3, 0.4) is 0 Å². The largest absolute Gasteiger partial charge is 0.494 e. The van der Waals surface area contributed by atoms with Crippen LogP contribution >= 0.6 is 0 Å². The van der Waals surface area contributed by atoms with Gasteiger partial charge < -0.3 is 15.2 Å². The zero-order valence-electron chi connectivity index (χ0n) is 10.9. The molecule has 1 aromatic carbocycles. The van der Waals surface area contributed by atoms with Gasteiger partial charge in [-0.25, -0.2) is 4.39 Å². The first-order valence-electron chi connectivity index (χ1n) is 6.07. The number of hydrogen-bond acceptors (Lipinski definition) is 4. The monoisotopic (exact) mass is 282 g/mol. The molecule has 0 aromatic heterocycles. The number of carbonyl (C=O) groups excluding carboxylic acids is 1. The first kappa shape index (κ1) is 14.3. The van der Waals surface area contributed by atoms with Crippen molar-refractivity contribution < 1.29 is 23.8 Å². The number of amides is 1. The third-order valence-corrected chi connectivity index (χ3v) is 3.17. The number of ether oxygens (including phenoxy) is 1. The summed E-state index contributed by atoms with van der Waals surface area (Å²) in [6.07, 6.45) is 0. The number of aliphatic carboxylic acids is 1. The van der Waals surface area contributed by atoms with E-state index in [-0.39, 0.29) is 31.3 Å². The average Bonchev–Trinajstić information content (AvgIpc) is 2.38. The zero-order valence-corrected chi connectivity index (χ0v) is 10.9. The summed E-state index contributed by atoms with van der Waals surface area (Å²) in [6.45, 7) is 0.211. The molecule has 1 saturated heterocycles. The van der Waals surface area contributed by atoms with Crippen LogP contribution in [0, 0.1) is 5.82 Å². The van der Waals surface area contributed by atoms with Crippen molar-refractivity contribution in [3.63, 3.8) is 0 Å². The first-order chi connectivity index (χ1) is 9.51. The highest BCUT2D eigenvalue weighted by atomic mass is 19.1. The molecule has 1 heterocycles. The van der Waals surface area contributed by atoms with Gasteiger partial charge in [0.15, 0.2) is 11.6 Å². The van der Waals surface area contributed by atoms with E-state index in [0.717, 1.165) is 0 Å². The fourth-order valence-electron chi connectivity index (χ4n) is 2.14. The fourth-order valence-corrected chi connectivity index (χ4v) is 2.14. The Kier molecular flexibility index (Phi) is 4.19. The summed E-state index contributed by atoms with van der Waals surface area (Å²) in [5, 5.41) is 11.6. The Balaban J connectivity index is 2.15. The van der Waals surface area contributed by atoms with Crippen molar-refractivity contribution in [1.82, 2.24) is 10.2 Å². The Morgan fingerprint density at radius 2 is 2.35 bits per heavy atom. The summed E-state index contributed by atoms with van der Waals surface area (Å²) in [6, 6.07) is 3.60. The fraction of sp³-hybridized carbons (Fsp3) is 0.385. The Labute approximate surface area is 115 Å². The van der Waals surface area contributed by atoms with E-state index in [9.17, 15) is 14.0 Å². The smallest absolute Gasteiger partial charge is 0.322 e. The molecule has 20 heavy (non-hydrogen) atoms. The number of nitrogens with one attached hydrogen (secondary N) is 1. The van der Waals surface area contributed by atoms with Crippen LogP contribution < -0.4 is 10.1 Å². The number of carboxylic acid groups (broad SMARTS) is 1. The molecule has 0 aliphatic carbocycles. The molecule has 0 radical (unpaired) electrons. The lowest BCUT2D eigenvalue weighted by Crippen LogP contribution is -2.56. The van der Waals surface area contributed by atoms with Crippen molar-refractivity contribution in [3.05, 3.63) is 29.6 Å². The molecular formula is C13H15FN2O4. The SMILES string of the molecule is COc1ccc(CN2CC(=O)NCC2C(=O)O)cc1F. The van der Waals surface area contributed by atoms with Crippen LogP contribution in [0.2, 0.25) is 0 Å². The molecule has 0 saturated carbocycles. The molecule has 1 aliphatic heterocycles. The summed E-state index contributed by atoms with van der Waals surface area (Å²) in [4.78, 5) is 24.0. The molecule has 1 atom stereocenters. The summed E-state index contributed by atoms with van der Waals surface area (Å²) in [5.74, 6) is -1.64. The highest BCUT2D eigenvalue weighted by Crippen LogP contribution is 2.19. The number of methoxy groups -OCH3 is 1. The number of hydrogen-bond donors (Lipinski definition) is 2. The topological polar surface area (TPSA) is 78.9 Å². The number of carboxylic acids is 1. The quantitative estimate of drug-likeness (QED) is 0.826. The number of benzene rings is 1. The molecule has 1 fully saturated rings. The Morgan fingerprint density at radius 1 is 1.60 bits per heavy atom. The molecule has 2 rings (SSSR count). The van der Waals surface area contributed by atoms with Gasteiger partial charge >= 0.3 is 5.97 Å². The second-order valence-corrected chi connectivity index (χ2v) is 4.53. The third-order valence-electron chi connectivity index (χ3n) is 3.17. The van der Waals surface area contributed by atoms with Crippen LogP contribution in [-0.4, -0.2) is 48.1 Å². The van der Waals surface area contributed by atoms with Gasteiger partial charge in [-0.05, 0) is 17.7 Å². The summed E-state index contributed by atoms with van der Waals surface area (Å²) >= 11 is 0. The molecule has 1 aromatic rings. The molecule has 1 amide bonds. The van der Waals surface area contributed by atoms with Crippen molar-refractivity contribution in [2.24, 2.45) is 0 Å². The van der Waals surface area contributed by atoms with Gasteiger partial charge in [0.1, 0.15) is 6.04 Å². The van der Waals surface area contributed by atoms with Gasteiger partial charge in [-0.3, -0.25) is 14.5 Å². The summed E-state index contributed by atoms with van der Waals surface area (Å²) in [5.41, 5.74) is 0.587. The van der Waals surface area contributed by atoms with Gasteiger partial charge in [0.25, 0.3) is 0 Å². The van der Waals surface area contributed by atoms with Gasteiger partial charge in [-0.15, -0.1) is 0 Å². The molecule has 1 aliphatic rings. The predicted molar refractivity (Wildman–Crippen MR) is 67.8 cm³/mol. The Bertz CT molecular complexity index is 535. The standard InChI is InChI=1S/C13H15FN2O4/c1-20-11-3-2-8(4-9(11)14)6-16-7-12(17)15-5-10(16)13(18)19/h2-4,10H,5-7H2,1H3,(H,15,17)(H,18,19). The highest BCUT2D eigenvalue weighted by Gasteiger charge is 2.31. The van der Waals surface area contributed by atoms with E-state index < -0.39 is 17.8 Å². The highest BCUT2D eigenvalue weighted by molar-refractivity contribution is 5.83. The van der Waals surface area contributed by atoms with E-state index in [1.807, 2.05) is 0 Å². The van der Waals surface area contributed by atoms with E-state index in [1.54, 1.807) is 6.07 Å². The molecule has 7 heteroatoms. The minimum absolute atomic E-state index is 0.0232. The molecule has 108 valence electrons. The second kappa shape index (κ2) is 5.87. The number of carbonyl (C=O) groups is 2. The van der Waals surface area contributed by atoms with Crippen LogP contribution in [0.15, 0.2) is 18.2 Å². The van der Waals surface area contributed by atoms with Gasteiger partial charge in [-0.1, -0.05) is 6.07 Å². The molecule has 6 nitrogen and oxygen atoms in total. The minimum atomic E-state index is -1.01. The van der Waals surface area contributed by atoms with E-state index >= 15 is 0 Å². The number of rotatable bonds is 4. The maximum absolute atomic E-state index is 13.6. The van der Waals surface area contributed by atoms with E-state index in [0.29, 0.717) is 5.56 Å².